The fraction of sp³-hybridized carbons (Fsp3) is 0.0556. The van der Waals surface area contributed by atoms with Gasteiger partial charge in [0.2, 0.25) is 0 Å². The van der Waals surface area contributed by atoms with E-state index in [4.69, 9.17) is 0 Å². The van der Waals surface area contributed by atoms with E-state index in [9.17, 15) is 4.79 Å². The van der Waals surface area contributed by atoms with Gasteiger partial charge in [-0.3, -0.25) is 9.69 Å². The highest BCUT2D eigenvalue weighted by molar-refractivity contribution is 9.10. The molecule has 0 unspecified atom stereocenters. The zero-order valence-electron chi connectivity index (χ0n) is 11.6. The number of benzene rings is 2. The topological polar surface area (TPSA) is 20.3 Å². The number of aryl methyl sites for hydroxylation is 1. The summed E-state index contributed by atoms with van der Waals surface area (Å²) in [7, 11) is 0. The summed E-state index contributed by atoms with van der Waals surface area (Å²) in [6, 6.07) is 15.7. The van der Waals surface area contributed by atoms with E-state index >= 15 is 0 Å². The average molecular weight is 340 g/mol. The van der Waals surface area contributed by atoms with Gasteiger partial charge in [-0.15, -0.1) is 0 Å². The van der Waals surface area contributed by atoms with Crippen molar-refractivity contribution in [2.24, 2.45) is 0 Å². The quantitative estimate of drug-likeness (QED) is 0.776. The van der Waals surface area contributed by atoms with Crippen molar-refractivity contribution in [3.05, 3.63) is 82.5 Å². The molecule has 0 saturated heterocycles. The van der Waals surface area contributed by atoms with Crippen LogP contribution in [0.4, 0.5) is 5.69 Å². The first-order valence-corrected chi connectivity index (χ1v) is 7.43. The van der Waals surface area contributed by atoms with Crippen LogP contribution in [-0.2, 0) is 4.79 Å². The van der Waals surface area contributed by atoms with E-state index in [1.807, 2.05) is 55.5 Å². The van der Waals surface area contributed by atoms with Crippen LogP contribution in [0.15, 0.2) is 71.4 Å². The van der Waals surface area contributed by atoms with Crippen molar-refractivity contribution in [2.75, 3.05) is 4.90 Å². The number of carbonyl (C=O) groups is 1. The van der Waals surface area contributed by atoms with Crippen LogP contribution in [0.5, 0.6) is 0 Å². The predicted octanol–water partition coefficient (Wildman–Crippen LogP) is 4.70. The Morgan fingerprint density at radius 3 is 2.24 bits per heavy atom. The summed E-state index contributed by atoms with van der Waals surface area (Å²) in [5.74, 6) is -0.0539. The Kier molecular flexibility index (Phi) is 3.52. The highest BCUT2D eigenvalue weighted by Crippen LogP contribution is 2.35. The molecule has 104 valence electrons. The second kappa shape index (κ2) is 5.34. The standard InChI is InChI=1S/C18H14BrNO/c1-12-3-9-16(10-4-12)20-13(2)17(11-18(20)21)14-5-7-15(19)8-6-14/h3-11H,2H2,1H3. The van der Waals surface area contributed by atoms with E-state index in [-0.39, 0.29) is 5.91 Å². The minimum absolute atomic E-state index is 0.0539. The number of nitrogens with zero attached hydrogens (tertiary/aromatic N) is 1. The van der Waals surface area contributed by atoms with Crippen LogP contribution in [0.3, 0.4) is 0 Å². The smallest absolute Gasteiger partial charge is 0.256 e. The predicted molar refractivity (Wildman–Crippen MR) is 89.9 cm³/mol. The number of halogens is 1. The van der Waals surface area contributed by atoms with Gasteiger partial charge in [0.1, 0.15) is 0 Å². The molecule has 0 saturated carbocycles. The molecular formula is C18H14BrNO. The van der Waals surface area contributed by atoms with Crippen LogP contribution in [0, 0.1) is 6.92 Å². The third-order valence-electron chi connectivity index (χ3n) is 3.52. The molecule has 0 spiro atoms. The first-order chi connectivity index (χ1) is 10.1. The van der Waals surface area contributed by atoms with Crippen molar-refractivity contribution < 1.29 is 4.79 Å². The highest BCUT2D eigenvalue weighted by Gasteiger charge is 2.27. The Bertz CT molecular complexity index is 742. The number of hydrogen-bond donors (Lipinski definition) is 0. The van der Waals surface area contributed by atoms with Crippen LogP contribution in [0.25, 0.3) is 5.57 Å². The van der Waals surface area contributed by atoms with Crippen molar-refractivity contribution >= 4 is 33.1 Å². The van der Waals surface area contributed by atoms with Gasteiger partial charge in [-0.05, 0) is 36.8 Å². The van der Waals surface area contributed by atoms with Gasteiger partial charge in [-0.1, -0.05) is 52.3 Å². The normalized spacial score (nSPS) is 14.6. The largest absolute Gasteiger partial charge is 0.277 e. The number of rotatable bonds is 2. The molecule has 0 radical (unpaired) electrons. The van der Waals surface area contributed by atoms with E-state index in [2.05, 4.69) is 22.5 Å². The number of carbonyl (C=O) groups excluding carboxylic acids is 1. The summed E-state index contributed by atoms with van der Waals surface area (Å²) >= 11 is 3.42. The lowest BCUT2D eigenvalue weighted by Crippen LogP contribution is -2.22. The second-order valence-electron chi connectivity index (χ2n) is 5.02. The molecule has 1 amide bonds. The lowest BCUT2D eigenvalue weighted by molar-refractivity contribution is -0.113. The number of amides is 1. The summed E-state index contributed by atoms with van der Waals surface area (Å²) in [6.45, 7) is 6.11. The second-order valence-corrected chi connectivity index (χ2v) is 5.94. The minimum Gasteiger partial charge on any atom is -0.277 e. The van der Waals surface area contributed by atoms with E-state index in [0.29, 0.717) is 5.70 Å². The molecule has 0 aliphatic carbocycles. The van der Waals surface area contributed by atoms with Crippen molar-refractivity contribution in [3.63, 3.8) is 0 Å². The van der Waals surface area contributed by atoms with Gasteiger partial charge in [0.05, 0.1) is 5.70 Å². The Hall–Kier alpha value is -2.13. The third-order valence-corrected chi connectivity index (χ3v) is 4.05. The number of allylic oxidation sites excluding steroid dienone is 1. The average Bonchev–Trinajstić information content (AvgIpc) is 2.76. The van der Waals surface area contributed by atoms with Crippen LogP contribution in [-0.4, -0.2) is 5.91 Å². The molecule has 21 heavy (non-hydrogen) atoms. The molecule has 0 N–H and O–H groups in total. The monoisotopic (exact) mass is 339 g/mol. The Balaban J connectivity index is 1.95. The molecule has 3 rings (SSSR count). The van der Waals surface area contributed by atoms with Gasteiger partial charge in [0.25, 0.3) is 5.91 Å². The fourth-order valence-corrected chi connectivity index (χ4v) is 2.65. The molecule has 1 heterocycles. The van der Waals surface area contributed by atoms with Gasteiger partial charge in [-0.2, -0.15) is 0 Å². The maximum atomic E-state index is 12.3. The third kappa shape index (κ3) is 2.57. The highest BCUT2D eigenvalue weighted by atomic mass is 79.9. The number of hydrogen-bond acceptors (Lipinski definition) is 1. The Labute approximate surface area is 132 Å². The molecule has 3 heteroatoms. The molecule has 0 atom stereocenters. The maximum absolute atomic E-state index is 12.3. The summed E-state index contributed by atoms with van der Waals surface area (Å²) in [6.07, 6.45) is 1.64. The van der Waals surface area contributed by atoms with Crippen LogP contribution < -0.4 is 4.90 Å². The zero-order chi connectivity index (χ0) is 15.0. The first-order valence-electron chi connectivity index (χ1n) is 6.64. The molecule has 0 fully saturated rings. The molecule has 0 aromatic heterocycles. The van der Waals surface area contributed by atoms with Crippen molar-refractivity contribution in [1.29, 1.82) is 0 Å². The Morgan fingerprint density at radius 1 is 1.00 bits per heavy atom. The van der Waals surface area contributed by atoms with E-state index in [0.717, 1.165) is 26.9 Å². The maximum Gasteiger partial charge on any atom is 0.256 e. The molecule has 1 aliphatic heterocycles. The SMILES string of the molecule is C=C1C(c2ccc(Br)cc2)=CC(=O)N1c1ccc(C)cc1. The van der Waals surface area contributed by atoms with Gasteiger partial charge in [0, 0.05) is 21.8 Å². The number of anilines is 1. The fourth-order valence-electron chi connectivity index (χ4n) is 2.38. The van der Waals surface area contributed by atoms with Gasteiger partial charge in [-0.25, -0.2) is 0 Å². The van der Waals surface area contributed by atoms with Gasteiger partial charge < -0.3 is 0 Å². The van der Waals surface area contributed by atoms with Crippen molar-refractivity contribution in [1.82, 2.24) is 0 Å². The molecular weight excluding hydrogens is 326 g/mol. The van der Waals surface area contributed by atoms with E-state index in [1.54, 1.807) is 11.0 Å². The van der Waals surface area contributed by atoms with Crippen LogP contribution in [0.2, 0.25) is 0 Å². The summed E-state index contributed by atoms with van der Waals surface area (Å²) < 4.78 is 1.01. The van der Waals surface area contributed by atoms with Crippen LogP contribution in [0.1, 0.15) is 11.1 Å². The Morgan fingerprint density at radius 2 is 1.62 bits per heavy atom. The molecule has 2 nitrogen and oxygen atoms in total. The minimum atomic E-state index is -0.0539. The van der Waals surface area contributed by atoms with E-state index in [1.165, 1.54) is 0 Å². The molecule has 2 aromatic rings. The molecule has 0 bridgehead atoms. The van der Waals surface area contributed by atoms with Gasteiger partial charge >= 0.3 is 0 Å². The summed E-state index contributed by atoms with van der Waals surface area (Å²) in [4.78, 5) is 13.9. The lowest BCUT2D eigenvalue weighted by Gasteiger charge is -2.19. The first kappa shape index (κ1) is 13.8. The van der Waals surface area contributed by atoms with Crippen molar-refractivity contribution in [3.8, 4) is 0 Å². The molecule has 2 aromatic carbocycles. The zero-order valence-corrected chi connectivity index (χ0v) is 13.2. The summed E-state index contributed by atoms with van der Waals surface area (Å²) in [5, 5.41) is 0. The molecule has 1 aliphatic rings. The van der Waals surface area contributed by atoms with Gasteiger partial charge in [0.15, 0.2) is 0 Å². The lowest BCUT2D eigenvalue weighted by atomic mass is 10.0. The summed E-state index contributed by atoms with van der Waals surface area (Å²) in [5.41, 5.74) is 4.58. The van der Waals surface area contributed by atoms with Crippen LogP contribution >= 0.6 is 15.9 Å². The van der Waals surface area contributed by atoms with Crippen molar-refractivity contribution in [2.45, 2.75) is 6.92 Å². The van der Waals surface area contributed by atoms with E-state index < -0.39 is 0 Å².